The Balaban J connectivity index is 2.01. The quantitative estimate of drug-likeness (QED) is 0.668. The first-order chi connectivity index (χ1) is 10.1. The summed E-state index contributed by atoms with van der Waals surface area (Å²) in [6.07, 6.45) is 3.19. The van der Waals surface area contributed by atoms with Gasteiger partial charge in [0, 0.05) is 11.8 Å². The number of phenols is 1. The molecule has 1 amide bonds. The summed E-state index contributed by atoms with van der Waals surface area (Å²) < 4.78 is 5.07. The minimum Gasteiger partial charge on any atom is -0.508 e. The fraction of sp³-hybridized carbons (Fsp3) is 0.118. The Labute approximate surface area is 123 Å². The SMILES string of the molecule is COc1ccc(/C=C/C(=O)Nc2ccc(O)cc2C)cc1. The molecule has 0 heterocycles. The summed E-state index contributed by atoms with van der Waals surface area (Å²) in [6, 6.07) is 12.2. The van der Waals surface area contributed by atoms with Crippen molar-refractivity contribution < 1.29 is 14.6 Å². The van der Waals surface area contributed by atoms with Crippen molar-refractivity contribution in [2.45, 2.75) is 6.92 Å². The van der Waals surface area contributed by atoms with E-state index in [2.05, 4.69) is 5.32 Å². The van der Waals surface area contributed by atoms with Crippen LogP contribution in [0, 0.1) is 6.92 Å². The summed E-state index contributed by atoms with van der Waals surface area (Å²) in [5, 5.41) is 12.1. The molecule has 0 aliphatic carbocycles. The maximum absolute atomic E-state index is 11.9. The highest BCUT2D eigenvalue weighted by Gasteiger charge is 2.02. The second kappa shape index (κ2) is 6.61. The van der Waals surface area contributed by atoms with Crippen molar-refractivity contribution in [2.75, 3.05) is 12.4 Å². The molecule has 4 heteroatoms. The van der Waals surface area contributed by atoms with Gasteiger partial charge >= 0.3 is 0 Å². The van der Waals surface area contributed by atoms with Gasteiger partial charge in [-0.15, -0.1) is 0 Å². The van der Waals surface area contributed by atoms with E-state index in [1.807, 2.05) is 31.2 Å². The number of benzene rings is 2. The normalized spacial score (nSPS) is 10.6. The van der Waals surface area contributed by atoms with E-state index in [0.717, 1.165) is 16.9 Å². The number of phenolic OH excluding ortho intramolecular Hbond substituents is 1. The van der Waals surface area contributed by atoms with E-state index in [4.69, 9.17) is 4.74 Å². The molecule has 21 heavy (non-hydrogen) atoms. The zero-order chi connectivity index (χ0) is 15.2. The van der Waals surface area contributed by atoms with Crippen LogP contribution in [-0.4, -0.2) is 18.1 Å². The predicted octanol–water partition coefficient (Wildman–Crippen LogP) is 3.36. The molecule has 4 nitrogen and oxygen atoms in total. The number of aromatic hydroxyl groups is 1. The maximum Gasteiger partial charge on any atom is 0.248 e. The highest BCUT2D eigenvalue weighted by atomic mass is 16.5. The van der Waals surface area contributed by atoms with Crippen LogP contribution in [-0.2, 0) is 4.79 Å². The fourth-order valence-corrected chi connectivity index (χ4v) is 1.85. The van der Waals surface area contributed by atoms with Crippen LogP contribution < -0.4 is 10.1 Å². The Kier molecular flexibility index (Phi) is 4.61. The number of hydrogen-bond acceptors (Lipinski definition) is 3. The Hall–Kier alpha value is -2.75. The van der Waals surface area contributed by atoms with E-state index in [1.54, 1.807) is 25.3 Å². The number of carbonyl (C=O) groups is 1. The molecule has 0 unspecified atom stereocenters. The molecular formula is C17H17NO3. The van der Waals surface area contributed by atoms with E-state index in [0.29, 0.717) is 5.69 Å². The number of rotatable bonds is 4. The molecular weight excluding hydrogens is 266 g/mol. The van der Waals surface area contributed by atoms with Crippen LogP contribution in [0.15, 0.2) is 48.5 Å². The van der Waals surface area contributed by atoms with Gasteiger partial charge in [0.1, 0.15) is 11.5 Å². The standard InChI is InChI=1S/C17H17NO3/c1-12-11-14(19)6-9-16(12)18-17(20)10-5-13-3-7-15(21-2)8-4-13/h3-11,19H,1-2H3,(H,18,20)/b10-5+. The van der Waals surface area contributed by atoms with Gasteiger partial charge in [-0.25, -0.2) is 0 Å². The molecule has 2 aromatic rings. The molecule has 2 aromatic carbocycles. The molecule has 0 spiro atoms. The second-order valence-electron chi connectivity index (χ2n) is 4.59. The van der Waals surface area contributed by atoms with Gasteiger partial charge in [0.2, 0.25) is 5.91 Å². The molecule has 0 aromatic heterocycles. The molecule has 108 valence electrons. The summed E-state index contributed by atoms with van der Waals surface area (Å²) in [4.78, 5) is 11.9. The zero-order valence-electron chi connectivity index (χ0n) is 12.0. The lowest BCUT2D eigenvalue weighted by Gasteiger charge is -2.06. The number of nitrogens with one attached hydrogen (secondary N) is 1. The van der Waals surface area contributed by atoms with Crippen molar-refractivity contribution >= 4 is 17.7 Å². The van der Waals surface area contributed by atoms with Crippen LogP contribution in [0.4, 0.5) is 5.69 Å². The molecule has 0 radical (unpaired) electrons. The first-order valence-corrected chi connectivity index (χ1v) is 6.51. The largest absolute Gasteiger partial charge is 0.508 e. The van der Waals surface area contributed by atoms with Crippen LogP contribution in [0.3, 0.4) is 0 Å². The van der Waals surface area contributed by atoms with Crippen molar-refractivity contribution in [3.8, 4) is 11.5 Å². The van der Waals surface area contributed by atoms with Gasteiger partial charge in [-0.3, -0.25) is 4.79 Å². The number of methoxy groups -OCH3 is 1. The molecule has 0 atom stereocenters. The Morgan fingerprint density at radius 1 is 1.19 bits per heavy atom. The van der Waals surface area contributed by atoms with Crippen LogP contribution in [0.5, 0.6) is 11.5 Å². The van der Waals surface area contributed by atoms with Crippen molar-refractivity contribution in [1.82, 2.24) is 0 Å². The predicted molar refractivity (Wildman–Crippen MR) is 83.5 cm³/mol. The monoisotopic (exact) mass is 283 g/mol. The summed E-state index contributed by atoms with van der Waals surface area (Å²) >= 11 is 0. The van der Waals surface area contributed by atoms with E-state index < -0.39 is 0 Å². The summed E-state index contributed by atoms with van der Waals surface area (Å²) in [7, 11) is 1.61. The average molecular weight is 283 g/mol. The minimum absolute atomic E-state index is 0.180. The average Bonchev–Trinajstić information content (AvgIpc) is 2.48. The number of amides is 1. The number of carbonyl (C=O) groups excluding carboxylic acids is 1. The third-order valence-electron chi connectivity index (χ3n) is 3.01. The van der Waals surface area contributed by atoms with Crippen molar-refractivity contribution in [1.29, 1.82) is 0 Å². The Morgan fingerprint density at radius 2 is 1.90 bits per heavy atom. The lowest BCUT2D eigenvalue weighted by Crippen LogP contribution is -2.08. The van der Waals surface area contributed by atoms with Crippen molar-refractivity contribution in [2.24, 2.45) is 0 Å². The van der Waals surface area contributed by atoms with E-state index in [1.165, 1.54) is 12.1 Å². The van der Waals surface area contributed by atoms with E-state index in [9.17, 15) is 9.90 Å². The van der Waals surface area contributed by atoms with Gasteiger partial charge in [0.15, 0.2) is 0 Å². The number of hydrogen-bond donors (Lipinski definition) is 2. The molecule has 0 saturated carbocycles. The minimum atomic E-state index is -0.223. The first kappa shape index (κ1) is 14.7. The van der Waals surface area contributed by atoms with Crippen molar-refractivity contribution in [3.63, 3.8) is 0 Å². The van der Waals surface area contributed by atoms with Gasteiger partial charge in [0.05, 0.1) is 7.11 Å². The molecule has 0 bridgehead atoms. The van der Waals surface area contributed by atoms with Crippen LogP contribution in [0.2, 0.25) is 0 Å². The second-order valence-corrected chi connectivity index (χ2v) is 4.59. The zero-order valence-corrected chi connectivity index (χ0v) is 12.0. The number of anilines is 1. The van der Waals surface area contributed by atoms with Gasteiger partial charge < -0.3 is 15.2 Å². The third-order valence-corrected chi connectivity index (χ3v) is 3.01. The van der Waals surface area contributed by atoms with Gasteiger partial charge in [-0.1, -0.05) is 12.1 Å². The van der Waals surface area contributed by atoms with Crippen LogP contribution in [0.1, 0.15) is 11.1 Å². The molecule has 0 saturated heterocycles. The third kappa shape index (κ3) is 4.11. The Bertz CT molecular complexity index is 660. The number of ether oxygens (including phenoxy) is 1. The first-order valence-electron chi connectivity index (χ1n) is 6.51. The van der Waals surface area contributed by atoms with Crippen molar-refractivity contribution in [3.05, 3.63) is 59.7 Å². The highest BCUT2D eigenvalue weighted by Crippen LogP contribution is 2.20. The molecule has 0 aliphatic heterocycles. The molecule has 0 fully saturated rings. The Morgan fingerprint density at radius 3 is 2.52 bits per heavy atom. The maximum atomic E-state index is 11.9. The number of aryl methyl sites for hydroxylation is 1. The van der Waals surface area contributed by atoms with Gasteiger partial charge in [-0.2, -0.15) is 0 Å². The molecule has 2 N–H and O–H groups in total. The summed E-state index contributed by atoms with van der Waals surface area (Å²) in [5.74, 6) is 0.732. The van der Waals surface area contributed by atoms with E-state index >= 15 is 0 Å². The topological polar surface area (TPSA) is 58.6 Å². The van der Waals surface area contributed by atoms with Crippen LogP contribution in [0.25, 0.3) is 6.08 Å². The summed E-state index contributed by atoms with van der Waals surface area (Å²) in [6.45, 7) is 1.82. The summed E-state index contributed by atoms with van der Waals surface area (Å²) in [5.41, 5.74) is 2.40. The fourth-order valence-electron chi connectivity index (χ4n) is 1.85. The molecule has 0 aliphatic rings. The smallest absolute Gasteiger partial charge is 0.248 e. The molecule has 2 rings (SSSR count). The van der Waals surface area contributed by atoms with E-state index in [-0.39, 0.29) is 11.7 Å². The lowest BCUT2D eigenvalue weighted by atomic mass is 10.2. The van der Waals surface area contributed by atoms with Crippen LogP contribution >= 0.6 is 0 Å². The highest BCUT2D eigenvalue weighted by molar-refractivity contribution is 6.02. The van der Waals surface area contributed by atoms with Gasteiger partial charge in [0.25, 0.3) is 0 Å². The van der Waals surface area contributed by atoms with Gasteiger partial charge in [-0.05, 0) is 54.5 Å². The lowest BCUT2D eigenvalue weighted by molar-refractivity contribution is -0.111.